The van der Waals surface area contributed by atoms with E-state index in [-0.39, 0.29) is 23.7 Å². The third-order valence-electron chi connectivity index (χ3n) is 4.94. The van der Waals surface area contributed by atoms with Gasteiger partial charge >= 0.3 is 5.97 Å². The molecule has 0 aromatic heterocycles. The van der Waals surface area contributed by atoms with Gasteiger partial charge in [0.25, 0.3) is 5.91 Å². The summed E-state index contributed by atoms with van der Waals surface area (Å²) in [5.41, 5.74) is 3.71. The summed E-state index contributed by atoms with van der Waals surface area (Å²) < 4.78 is 5.35. The van der Waals surface area contributed by atoms with Crippen molar-refractivity contribution in [3.63, 3.8) is 0 Å². The van der Waals surface area contributed by atoms with Crippen molar-refractivity contribution in [1.82, 2.24) is 5.32 Å². The number of carbonyl (C=O) groups is 2. The molecule has 1 atom stereocenters. The number of carbonyl (C=O) groups excluding carboxylic acids is 2. The zero-order valence-electron chi connectivity index (χ0n) is 16.0. The topological polar surface area (TPSA) is 55.4 Å². The van der Waals surface area contributed by atoms with Crippen molar-refractivity contribution in [2.24, 2.45) is 11.8 Å². The molecule has 1 aliphatic carbocycles. The van der Waals surface area contributed by atoms with Crippen LogP contribution >= 0.6 is 0 Å². The Morgan fingerprint density at radius 3 is 2.41 bits per heavy atom. The first kappa shape index (κ1) is 18.9. The van der Waals surface area contributed by atoms with E-state index < -0.39 is 0 Å². The van der Waals surface area contributed by atoms with Crippen molar-refractivity contribution in [3.8, 4) is 0 Å². The van der Waals surface area contributed by atoms with Gasteiger partial charge < -0.3 is 10.1 Å². The standard InChI is InChI=1S/C23H25NO3/c1-4-27-23(26)20-19(15(2)3)14-17-12-8-9-13-18(17)21(20)24-22(25)16-10-6-5-7-11-16/h5-13,15,19H,4,14H2,1-3H3,(H,24,25)/t19-/m0/s1. The monoisotopic (exact) mass is 363 g/mol. The molecule has 0 spiro atoms. The number of nitrogens with one attached hydrogen (secondary N) is 1. The summed E-state index contributed by atoms with van der Waals surface area (Å²) >= 11 is 0. The maximum atomic E-state index is 12.8. The molecule has 1 amide bonds. The lowest BCUT2D eigenvalue weighted by atomic mass is 9.75. The van der Waals surface area contributed by atoms with Crippen LogP contribution in [0.4, 0.5) is 0 Å². The molecule has 0 saturated heterocycles. The fourth-order valence-electron chi connectivity index (χ4n) is 3.55. The third-order valence-corrected chi connectivity index (χ3v) is 4.94. The highest BCUT2D eigenvalue weighted by molar-refractivity contribution is 6.06. The first-order valence-corrected chi connectivity index (χ1v) is 9.38. The van der Waals surface area contributed by atoms with E-state index in [0.717, 1.165) is 17.5 Å². The molecule has 0 radical (unpaired) electrons. The quantitative estimate of drug-likeness (QED) is 0.809. The Labute approximate surface area is 160 Å². The van der Waals surface area contributed by atoms with Crippen molar-refractivity contribution < 1.29 is 14.3 Å². The van der Waals surface area contributed by atoms with Crippen LogP contribution in [0.5, 0.6) is 0 Å². The molecule has 2 aromatic carbocycles. The average molecular weight is 363 g/mol. The number of benzene rings is 2. The van der Waals surface area contributed by atoms with E-state index in [0.29, 0.717) is 23.4 Å². The Morgan fingerprint density at radius 2 is 1.74 bits per heavy atom. The molecule has 0 saturated carbocycles. The van der Waals surface area contributed by atoms with E-state index in [9.17, 15) is 9.59 Å². The molecule has 4 nitrogen and oxygen atoms in total. The largest absolute Gasteiger partial charge is 0.463 e. The second-order valence-electron chi connectivity index (χ2n) is 7.04. The number of esters is 1. The van der Waals surface area contributed by atoms with Crippen LogP contribution in [-0.2, 0) is 16.0 Å². The van der Waals surface area contributed by atoms with Crippen LogP contribution in [0.2, 0.25) is 0 Å². The minimum absolute atomic E-state index is 0.00924. The highest BCUT2D eigenvalue weighted by atomic mass is 16.5. The third kappa shape index (κ3) is 3.95. The number of fused-ring (bicyclic) bond motifs is 1. The van der Waals surface area contributed by atoms with Crippen LogP contribution in [-0.4, -0.2) is 18.5 Å². The van der Waals surface area contributed by atoms with Crippen LogP contribution in [0.3, 0.4) is 0 Å². The summed E-state index contributed by atoms with van der Waals surface area (Å²) in [6.45, 7) is 6.28. The van der Waals surface area contributed by atoms with Gasteiger partial charge in [0.05, 0.1) is 17.9 Å². The summed E-state index contributed by atoms with van der Waals surface area (Å²) in [5.74, 6) is -0.355. The maximum Gasteiger partial charge on any atom is 0.336 e. The van der Waals surface area contributed by atoms with E-state index in [1.807, 2.05) is 36.4 Å². The molecular formula is C23H25NO3. The highest BCUT2D eigenvalue weighted by Gasteiger charge is 2.35. The first-order valence-electron chi connectivity index (χ1n) is 9.38. The van der Waals surface area contributed by atoms with Crippen LogP contribution in [0, 0.1) is 11.8 Å². The fourth-order valence-corrected chi connectivity index (χ4v) is 3.55. The summed E-state index contributed by atoms with van der Waals surface area (Å²) in [6.07, 6.45) is 0.757. The summed E-state index contributed by atoms with van der Waals surface area (Å²) in [5, 5.41) is 3.01. The van der Waals surface area contributed by atoms with Crippen molar-refractivity contribution in [2.45, 2.75) is 27.2 Å². The molecular weight excluding hydrogens is 338 g/mol. The van der Waals surface area contributed by atoms with Gasteiger partial charge in [-0.15, -0.1) is 0 Å². The van der Waals surface area contributed by atoms with E-state index in [2.05, 4.69) is 25.2 Å². The Morgan fingerprint density at radius 1 is 1.07 bits per heavy atom. The van der Waals surface area contributed by atoms with Gasteiger partial charge in [-0.3, -0.25) is 4.79 Å². The number of rotatable bonds is 5. The van der Waals surface area contributed by atoms with Crippen LogP contribution < -0.4 is 5.32 Å². The fraction of sp³-hybridized carbons (Fsp3) is 0.304. The number of amides is 1. The van der Waals surface area contributed by atoms with Gasteiger partial charge in [-0.1, -0.05) is 56.3 Å². The zero-order valence-corrected chi connectivity index (χ0v) is 16.0. The summed E-state index contributed by atoms with van der Waals surface area (Å²) in [7, 11) is 0. The smallest absolute Gasteiger partial charge is 0.336 e. The van der Waals surface area contributed by atoms with Crippen molar-refractivity contribution >= 4 is 17.6 Å². The van der Waals surface area contributed by atoms with Crippen LogP contribution in [0.15, 0.2) is 60.2 Å². The van der Waals surface area contributed by atoms with Crippen molar-refractivity contribution in [1.29, 1.82) is 0 Å². The molecule has 1 aliphatic rings. The number of hydrogen-bond donors (Lipinski definition) is 1. The number of hydrogen-bond acceptors (Lipinski definition) is 3. The Bertz CT molecular complexity index is 868. The van der Waals surface area contributed by atoms with Crippen molar-refractivity contribution in [2.75, 3.05) is 6.61 Å². The molecule has 4 heteroatoms. The maximum absolute atomic E-state index is 12.8. The lowest BCUT2D eigenvalue weighted by Crippen LogP contribution is -2.33. The van der Waals surface area contributed by atoms with Gasteiger partial charge in [0.15, 0.2) is 0 Å². The molecule has 0 heterocycles. The lowest BCUT2D eigenvalue weighted by molar-refractivity contribution is -0.139. The van der Waals surface area contributed by atoms with Gasteiger partial charge in [-0.05, 0) is 42.9 Å². The molecule has 140 valence electrons. The van der Waals surface area contributed by atoms with Gasteiger partial charge in [-0.25, -0.2) is 4.79 Å². The second kappa shape index (κ2) is 8.21. The van der Waals surface area contributed by atoms with Gasteiger partial charge in [0.1, 0.15) is 0 Å². The summed E-state index contributed by atoms with van der Waals surface area (Å²) in [6, 6.07) is 16.9. The van der Waals surface area contributed by atoms with Gasteiger partial charge in [-0.2, -0.15) is 0 Å². The zero-order chi connectivity index (χ0) is 19.4. The van der Waals surface area contributed by atoms with E-state index in [1.54, 1.807) is 19.1 Å². The molecule has 0 unspecified atom stereocenters. The average Bonchev–Trinajstić information content (AvgIpc) is 2.68. The van der Waals surface area contributed by atoms with Crippen LogP contribution in [0.1, 0.15) is 42.3 Å². The highest BCUT2D eigenvalue weighted by Crippen LogP contribution is 2.38. The second-order valence-corrected chi connectivity index (χ2v) is 7.04. The van der Waals surface area contributed by atoms with Crippen LogP contribution in [0.25, 0.3) is 5.70 Å². The number of ether oxygens (including phenoxy) is 1. The predicted molar refractivity (Wildman–Crippen MR) is 106 cm³/mol. The normalized spacial score (nSPS) is 16.1. The lowest BCUT2D eigenvalue weighted by Gasteiger charge is -2.32. The minimum atomic E-state index is -0.353. The Kier molecular flexibility index (Phi) is 5.75. The van der Waals surface area contributed by atoms with Gasteiger partial charge in [0.2, 0.25) is 0 Å². The van der Waals surface area contributed by atoms with Gasteiger partial charge in [0, 0.05) is 11.1 Å². The van der Waals surface area contributed by atoms with E-state index >= 15 is 0 Å². The minimum Gasteiger partial charge on any atom is -0.463 e. The molecule has 3 rings (SSSR count). The molecule has 0 fully saturated rings. The first-order chi connectivity index (χ1) is 13.0. The molecule has 27 heavy (non-hydrogen) atoms. The summed E-state index contributed by atoms with van der Waals surface area (Å²) in [4.78, 5) is 25.6. The Hall–Kier alpha value is -2.88. The van der Waals surface area contributed by atoms with Crippen molar-refractivity contribution in [3.05, 3.63) is 76.9 Å². The molecule has 0 bridgehead atoms. The predicted octanol–water partition coefficient (Wildman–Crippen LogP) is 4.22. The molecule has 0 aliphatic heterocycles. The molecule has 2 aromatic rings. The van der Waals surface area contributed by atoms with E-state index in [1.165, 1.54) is 0 Å². The SMILES string of the molecule is CCOC(=O)C1=C(NC(=O)c2ccccc2)c2ccccc2C[C@H]1C(C)C. The molecule has 1 N–H and O–H groups in total. The Balaban J connectivity index is 2.12. The van der Waals surface area contributed by atoms with E-state index in [4.69, 9.17) is 4.74 Å².